The molecule has 0 radical (unpaired) electrons. The van der Waals surface area contributed by atoms with Gasteiger partial charge in [-0.2, -0.15) is 4.31 Å². The largest absolute Gasteiger partial charge is 0.379 e. The predicted octanol–water partition coefficient (Wildman–Crippen LogP) is 3.58. The van der Waals surface area contributed by atoms with E-state index in [1.807, 2.05) is 0 Å². The lowest BCUT2D eigenvalue weighted by molar-refractivity contribution is 0.0730. The molecule has 1 aliphatic rings. The molecule has 0 unspecified atom stereocenters. The van der Waals surface area contributed by atoms with Gasteiger partial charge in [-0.1, -0.05) is 35.3 Å². The summed E-state index contributed by atoms with van der Waals surface area (Å²) in [6.07, 6.45) is 0. The third-order valence-electron chi connectivity index (χ3n) is 4.23. The molecule has 1 heterocycles. The first-order chi connectivity index (χ1) is 12.8. The Morgan fingerprint density at radius 2 is 1.85 bits per heavy atom. The molecule has 144 valence electrons. The van der Waals surface area contributed by atoms with E-state index >= 15 is 0 Å². The highest BCUT2D eigenvalue weighted by molar-refractivity contribution is 7.89. The number of anilines is 1. The van der Waals surface area contributed by atoms with Crippen LogP contribution in [0.15, 0.2) is 41.3 Å². The molecule has 0 bridgehead atoms. The van der Waals surface area contributed by atoms with Crippen molar-refractivity contribution >= 4 is 44.8 Å². The number of amides is 1. The van der Waals surface area contributed by atoms with Gasteiger partial charge in [0, 0.05) is 18.8 Å². The minimum atomic E-state index is -3.68. The quantitative estimate of drug-likeness (QED) is 0.807. The van der Waals surface area contributed by atoms with E-state index in [4.69, 9.17) is 27.9 Å². The van der Waals surface area contributed by atoms with Crippen LogP contribution in [0.5, 0.6) is 0 Å². The fourth-order valence-electron chi connectivity index (χ4n) is 2.76. The van der Waals surface area contributed by atoms with E-state index in [0.717, 1.165) is 0 Å². The molecule has 2 aromatic rings. The fraction of sp³-hybridized carbons (Fsp3) is 0.278. The van der Waals surface area contributed by atoms with Crippen molar-refractivity contribution in [3.63, 3.8) is 0 Å². The highest BCUT2D eigenvalue weighted by atomic mass is 35.5. The van der Waals surface area contributed by atoms with Crippen LogP contribution >= 0.6 is 23.2 Å². The van der Waals surface area contributed by atoms with Gasteiger partial charge in [-0.3, -0.25) is 4.79 Å². The van der Waals surface area contributed by atoms with Crippen molar-refractivity contribution in [2.75, 3.05) is 31.6 Å². The Labute approximate surface area is 168 Å². The van der Waals surface area contributed by atoms with E-state index in [9.17, 15) is 13.2 Å². The zero-order chi connectivity index (χ0) is 19.6. The van der Waals surface area contributed by atoms with Crippen molar-refractivity contribution in [1.82, 2.24) is 4.31 Å². The first-order valence-electron chi connectivity index (χ1n) is 8.24. The number of carbonyl (C=O) groups is 1. The van der Waals surface area contributed by atoms with Gasteiger partial charge in [0.25, 0.3) is 5.91 Å². The van der Waals surface area contributed by atoms with E-state index < -0.39 is 15.9 Å². The van der Waals surface area contributed by atoms with Gasteiger partial charge in [-0.25, -0.2) is 8.42 Å². The lowest BCUT2D eigenvalue weighted by Crippen LogP contribution is -2.40. The Bertz CT molecular complexity index is 973. The lowest BCUT2D eigenvalue weighted by Gasteiger charge is -2.26. The van der Waals surface area contributed by atoms with Gasteiger partial charge < -0.3 is 10.1 Å². The van der Waals surface area contributed by atoms with Crippen LogP contribution in [0, 0.1) is 6.92 Å². The molecule has 27 heavy (non-hydrogen) atoms. The smallest absolute Gasteiger partial charge is 0.257 e. The van der Waals surface area contributed by atoms with Crippen LogP contribution in [0.25, 0.3) is 0 Å². The number of ether oxygens (including phenoxy) is 1. The van der Waals surface area contributed by atoms with Crippen molar-refractivity contribution in [2.24, 2.45) is 0 Å². The van der Waals surface area contributed by atoms with E-state index in [1.54, 1.807) is 37.3 Å². The first-order valence-corrected chi connectivity index (χ1v) is 10.4. The summed E-state index contributed by atoms with van der Waals surface area (Å²) in [5.41, 5.74) is 1.16. The number of nitrogens with one attached hydrogen (secondary N) is 1. The topological polar surface area (TPSA) is 75.7 Å². The Kier molecular flexibility index (Phi) is 6.08. The number of hydrogen-bond donors (Lipinski definition) is 1. The van der Waals surface area contributed by atoms with Crippen LogP contribution in [-0.4, -0.2) is 44.9 Å². The number of carbonyl (C=O) groups excluding carboxylic acids is 1. The molecule has 2 aromatic carbocycles. The number of aryl methyl sites for hydroxylation is 1. The predicted molar refractivity (Wildman–Crippen MR) is 105 cm³/mol. The monoisotopic (exact) mass is 428 g/mol. The zero-order valence-corrected chi connectivity index (χ0v) is 16.9. The number of benzene rings is 2. The maximum atomic E-state index is 12.9. The summed E-state index contributed by atoms with van der Waals surface area (Å²) >= 11 is 12.0. The van der Waals surface area contributed by atoms with E-state index in [-0.39, 0.29) is 20.5 Å². The fourth-order valence-corrected chi connectivity index (χ4v) is 4.80. The average molecular weight is 429 g/mol. The SMILES string of the molecule is Cc1ccc(NC(=O)c2cccc(Cl)c2Cl)cc1S(=O)(=O)N1CCOCC1. The van der Waals surface area contributed by atoms with Crippen LogP contribution in [0.1, 0.15) is 15.9 Å². The summed E-state index contributed by atoms with van der Waals surface area (Å²) in [5, 5.41) is 3.09. The molecule has 1 aliphatic heterocycles. The number of rotatable bonds is 4. The van der Waals surface area contributed by atoms with Gasteiger partial charge in [0.15, 0.2) is 0 Å². The van der Waals surface area contributed by atoms with Crippen LogP contribution < -0.4 is 5.32 Å². The Balaban J connectivity index is 1.89. The second-order valence-corrected chi connectivity index (χ2v) is 8.74. The Hall–Kier alpha value is -1.64. The van der Waals surface area contributed by atoms with Crippen molar-refractivity contribution < 1.29 is 17.9 Å². The molecule has 6 nitrogen and oxygen atoms in total. The summed E-state index contributed by atoms with van der Waals surface area (Å²) in [6.45, 7) is 3.05. The van der Waals surface area contributed by atoms with Gasteiger partial charge in [0.2, 0.25) is 10.0 Å². The van der Waals surface area contributed by atoms with Gasteiger partial charge in [-0.05, 0) is 36.8 Å². The van der Waals surface area contributed by atoms with Crippen molar-refractivity contribution in [1.29, 1.82) is 0 Å². The third kappa shape index (κ3) is 4.28. The number of morpholine rings is 1. The number of hydrogen-bond acceptors (Lipinski definition) is 4. The molecule has 0 aromatic heterocycles. The van der Waals surface area contributed by atoms with Crippen LogP contribution in [0.2, 0.25) is 10.0 Å². The van der Waals surface area contributed by atoms with Crippen molar-refractivity contribution in [2.45, 2.75) is 11.8 Å². The van der Waals surface area contributed by atoms with Crippen molar-refractivity contribution in [3.05, 3.63) is 57.6 Å². The highest BCUT2D eigenvalue weighted by Gasteiger charge is 2.28. The van der Waals surface area contributed by atoms with Gasteiger partial charge in [-0.15, -0.1) is 0 Å². The maximum Gasteiger partial charge on any atom is 0.257 e. The molecular weight excluding hydrogens is 411 g/mol. The highest BCUT2D eigenvalue weighted by Crippen LogP contribution is 2.28. The third-order valence-corrected chi connectivity index (χ3v) is 7.09. The molecular formula is C18H18Cl2N2O4S. The van der Waals surface area contributed by atoms with E-state index in [1.165, 1.54) is 10.4 Å². The van der Waals surface area contributed by atoms with Crippen LogP contribution in [0.4, 0.5) is 5.69 Å². The molecule has 3 rings (SSSR count). The minimum absolute atomic E-state index is 0.143. The van der Waals surface area contributed by atoms with Gasteiger partial charge in [0.05, 0.1) is 33.7 Å². The maximum absolute atomic E-state index is 12.9. The average Bonchev–Trinajstić information content (AvgIpc) is 2.66. The molecule has 0 spiro atoms. The molecule has 0 aliphatic carbocycles. The van der Waals surface area contributed by atoms with Crippen molar-refractivity contribution in [3.8, 4) is 0 Å². The minimum Gasteiger partial charge on any atom is -0.379 e. The Morgan fingerprint density at radius 3 is 2.56 bits per heavy atom. The molecule has 9 heteroatoms. The van der Waals surface area contributed by atoms with Gasteiger partial charge in [0.1, 0.15) is 0 Å². The molecule has 1 fully saturated rings. The summed E-state index contributed by atoms with van der Waals surface area (Å²) in [5.74, 6) is -0.471. The van der Waals surface area contributed by atoms with E-state index in [0.29, 0.717) is 37.6 Å². The molecule has 0 saturated carbocycles. The second-order valence-electron chi connectivity index (χ2n) is 6.05. The molecule has 1 saturated heterocycles. The number of sulfonamides is 1. The Morgan fingerprint density at radius 1 is 1.15 bits per heavy atom. The lowest BCUT2D eigenvalue weighted by atomic mass is 10.2. The zero-order valence-electron chi connectivity index (χ0n) is 14.5. The summed E-state index contributed by atoms with van der Waals surface area (Å²) in [4.78, 5) is 12.7. The summed E-state index contributed by atoms with van der Waals surface area (Å²) in [7, 11) is -3.68. The van der Waals surface area contributed by atoms with Gasteiger partial charge >= 0.3 is 0 Å². The van der Waals surface area contributed by atoms with Crippen LogP contribution in [-0.2, 0) is 14.8 Å². The first kappa shape index (κ1) is 20.1. The summed E-state index contributed by atoms with van der Waals surface area (Å²) in [6, 6.07) is 9.50. The molecule has 1 N–H and O–H groups in total. The summed E-state index contributed by atoms with van der Waals surface area (Å²) < 4.78 is 32.5. The second kappa shape index (κ2) is 8.16. The standard InChI is InChI=1S/C18H18Cl2N2O4S/c1-12-5-6-13(21-18(23)14-3-2-4-15(19)17(14)20)11-16(12)27(24,25)22-7-9-26-10-8-22/h2-6,11H,7-10H2,1H3,(H,21,23). The van der Waals surface area contributed by atoms with E-state index in [2.05, 4.69) is 5.32 Å². The van der Waals surface area contributed by atoms with Crippen LogP contribution in [0.3, 0.4) is 0 Å². The number of nitrogens with zero attached hydrogens (tertiary/aromatic N) is 1. The molecule has 0 atom stereocenters. The number of halogens is 2. The molecule has 1 amide bonds. The normalized spacial score (nSPS) is 15.5.